The molecule has 0 spiro atoms. The van der Waals surface area contributed by atoms with Crippen LogP contribution in [-0.4, -0.2) is 6.54 Å². The van der Waals surface area contributed by atoms with Crippen LogP contribution in [0.25, 0.3) is 0 Å². The Kier molecular flexibility index (Phi) is 3.55. The van der Waals surface area contributed by atoms with Crippen LogP contribution in [0.2, 0.25) is 10.0 Å². The molecule has 1 unspecified atom stereocenters. The van der Waals surface area contributed by atoms with Gasteiger partial charge in [-0.3, -0.25) is 0 Å². The average Bonchev–Trinajstić information content (AvgIpc) is 3.02. The number of hydrogen-bond acceptors (Lipinski definition) is 1. The fraction of sp³-hybridized carbons (Fsp3) is 0.500. The maximum Gasteiger partial charge on any atom is 0.0595 e. The highest BCUT2D eigenvalue weighted by Crippen LogP contribution is 2.41. The highest BCUT2D eigenvalue weighted by molar-refractivity contribution is 6.42. The number of hydrogen-bond donors (Lipinski definition) is 1. The van der Waals surface area contributed by atoms with Crippen molar-refractivity contribution in [2.24, 2.45) is 5.92 Å². The predicted octanol–water partition coefficient (Wildman–Crippen LogP) is 4.05. The highest BCUT2D eigenvalue weighted by atomic mass is 35.5. The van der Waals surface area contributed by atoms with Crippen LogP contribution in [0.15, 0.2) is 18.2 Å². The molecular weight excluding hydrogens is 229 g/mol. The summed E-state index contributed by atoms with van der Waals surface area (Å²) in [5.41, 5.74) is 1.26. The molecule has 0 aromatic heterocycles. The van der Waals surface area contributed by atoms with Gasteiger partial charge in [-0.05, 0) is 43.0 Å². The van der Waals surface area contributed by atoms with Gasteiger partial charge in [-0.2, -0.15) is 0 Å². The fourth-order valence-corrected chi connectivity index (χ4v) is 2.22. The summed E-state index contributed by atoms with van der Waals surface area (Å²) in [6, 6.07) is 6.38. The minimum absolute atomic E-state index is 0.449. The summed E-state index contributed by atoms with van der Waals surface area (Å²) in [6.07, 6.45) is 2.63. The van der Waals surface area contributed by atoms with Crippen LogP contribution in [-0.2, 0) is 0 Å². The van der Waals surface area contributed by atoms with Gasteiger partial charge in [0, 0.05) is 6.04 Å². The minimum atomic E-state index is 0.449. The zero-order valence-electron chi connectivity index (χ0n) is 8.76. The third-order valence-corrected chi connectivity index (χ3v) is 3.56. The van der Waals surface area contributed by atoms with Crippen molar-refractivity contribution in [3.63, 3.8) is 0 Å². The van der Waals surface area contributed by atoms with E-state index in [2.05, 4.69) is 18.3 Å². The molecule has 1 aliphatic carbocycles. The van der Waals surface area contributed by atoms with Crippen LogP contribution in [0.3, 0.4) is 0 Å². The molecule has 3 heteroatoms. The van der Waals surface area contributed by atoms with Gasteiger partial charge >= 0.3 is 0 Å². The Labute approximate surface area is 101 Å². The van der Waals surface area contributed by atoms with Crippen molar-refractivity contribution in [3.8, 4) is 0 Å². The number of halogens is 2. The van der Waals surface area contributed by atoms with E-state index in [4.69, 9.17) is 23.2 Å². The second-order valence-corrected chi connectivity index (χ2v) is 4.86. The molecule has 1 aromatic rings. The molecule has 0 aliphatic heterocycles. The van der Waals surface area contributed by atoms with Crippen LogP contribution in [0.5, 0.6) is 0 Å². The van der Waals surface area contributed by atoms with Crippen LogP contribution in [0.1, 0.15) is 31.4 Å². The Morgan fingerprint density at radius 2 is 2.07 bits per heavy atom. The number of benzene rings is 1. The lowest BCUT2D eigenvalue weighted by molar-refractivity contribution is 0.496. The highest BCUT2D eigenvalue weighted by Gasteiger charge is 2.31. The van der Waals surface area contributed by atoms with Gasteiger partial charge in [0.05, 0.1) is 10.0 Å². The second-order valence-electron chi connectivity index (χ2n) is 4.05. The van der Waals surface area contributed by atoms with E-state index in [0.717, 1.165) is 12.5 Å². The van der Waals surface area contributed by atoms with Gasteiger partial charge in [0.1, 0.15) is 0 Å². The molecule has 1 atom stereocenters. The molecule has 82 valence electrons. The molecule has 0 heterocycles. The molecule has 0 bridgehead atoms. The molecule has 1 N–H and O–H groups in total. The largest absolute Gasteiger partial charge is 0.310 e. The smallest absolute Gasteiger partial charge is 0.0595 e. The normalized spacial score (nSPS) is 17.8. The Morgan fingerprint density at radius 1 is 1.33 bits per heavy atom. The fourth-order valence-electron chi connectivity index (χ4n) is 1.91. The topological polar surface area (TPSA) is 12.0 Å². The Hall–Kier alpha value is -0.240. The van der Waals surface area contributed by atoms with Crippen molar-refractivity contribution in [2.75, 3.05) is 6.54 Å². The van der Waals surface area contributed by atoms with Gasteiger partial charge in [-0.1, -0.05) is 36.2 Å². The molecule has 1 nitrogen and oxygen atoms in total. The molecule has 0 radical (unpaired) electrons. The van der Waals surface area contributed by atoms with Crippen molar-refractivity contribution in [2.45, 2.75) is 25.8 Å². The predicted molar refractivity (Wildman–Crippen MR) is 65.6 cm³/mol. The summed E-state index contributed by atoms with van der Waals surface area (Å²) in [5.74, 6) is 0.780. The lowest BCUT2D eigenvalue weighted by atomic mass is 10.0. The van der Waals surface area contributed by atoms with Gasteiger partial charge in [0.15, 0.2) is 0 Å². The van der Waals surface area contributed by atoms with E-state index in [1.807, 2.05) is 12.1 Å². The molecule has 2 rings (SSSR count). The van der Waals surface area contributed by atoms with E-state index in [9.17, 15) is 0 Å². The zero-order valence-corrected chi connectivity index (χ0v) is 10.3. The summed E-state index contributed by atoms with van der Waals surface area (Å²) in [4.78, 5) is 0. The third-order valence-electron chi connectivity index (χ3n) is 2.82. The van der Waals surface area contributed by atoms with E-state index in [0.29, 0.717) is 16.1 Å². The quantitative estimate of drug-likeness (QED) is 0.842. The van der Waals surface area contributed by atoms with Crippen LogP contribution in [0, 0.1) is 5.92 Å². The Bertz CT molecular complexity index is 347. The molecule has 0 amide bonds. The summed E-state index contributed by atoms with van der Waals surface area (Å²) in [7, 11) is 0. The molecule has 1 aliphatic rings. The summed E-state index contributed by atoms with van der Waals surface area (Å²) in [6.45, 7) is 3.12. The van der Waals surface area contributed by atoms with Gasteiger partial charge < -0.3 is 5.32 Å². The molecule has 1 aromatic carbocycles. The van der Waals surface area contributed by atoms with E-state index in [1.165, 1.54) is 18.4 Å². The van der Waals surface area contributed by atoms with Crippen molar-refractivity contribution >= 4 is 23.2 Å². The van der Waals surface area contributed by atoms with Crippen LogP contribution < -0.4 is 5.32 Å². The van der Waals surface area contributed by atoms with Crippen LogP contribution >= 0.6 is 23.2 Å². The van der Waals surface area contributed by atoms with Crippen molar-refractivity contribution < 1.29 is 0 Å². The summed E-state index contributed by atoms with van der Waals surface area (Å²) >= 11 is 11.9. The summed E-state index contributed by atoms with van der Waals surface area (Å²) in [5, 5.41) is 4.79. The maximum atomic E-state index is 6.02. The first kappa shape index (κ1) is 11.3. The average molecular weight is 244 g/mol. The van der Waals surface area contributed by atoms with Gasteiger partial charge in [0.2, 0.25) is 0 Å². The first-order valence-corrected chi connectivity index (χ1v) is 6.16. The van der Waals surface area contributed by atoms with E-state index in [-0.39, 0.29) is 0 Å². The lowest BCUT2D eigenvalue weighted by Gasteiger charge is -2.18. The number of nitrogens with one attached hydrogen (secondary N) is 1. The number of rotatable bonds is 4. The van der Waals surface area contributed by atoms with E-state index in [1.54, 1.807) is 0 Å². The van der Waals surface area contributed by atoms with Crippen LogP contribution in [0.4, 0.5) is 0 Å². The summed E-state index contributed by atoms with van der Waals surface area (Å²) < 4.78 is 0. The Balaban J connectivity index is 2.21. The second kappa shape index (κ2) is 4.73. The SMILES string of the molecule is CCNC(c1ccc(Cl)c(Cl)c1)C1CC1. The van der Waals surface area contributed by atoms with Gasteiger partial charge in [-0.25, -0.2) is 0 Å². The monoisotopic (exact) mass is 243 g/mol. The zero-order chi connectivity index (χ0) is 10.8. The van der Waals surface area contributed by atoms with Crippen molar-refractivity contribution in [3.05, 3.63) is 33.8 Å². The third kappa shape index (κ3) is 2.66. The first-order valence-electron chi connectivity index (χ1n) is 5.40. The maximum absolute atomic E-state index is 6.02. The first-order chi connectivity index (χ1) is 7.22. The molecule has 15 heavy (non-hydrogen) atoms. The van der Waals surface area contributed by atoms with Gasteiger partial charge in [0.25, 0.3) is 0 Å². The molecule has 0 saturated heterocycles. The molecule has 1 fully saturated rings. The Morgan fingerprint density at radius 3 is 2.60 bits per heavy atom. The molecular formula is C12H15Cl2N. The van der Waals surface area contributed by atoms with Crippen molar-refractivity contribution in [1.82, 2.24) is 5.32 Å². The minimum Gasteiger partial charge on any atom is -0.310 e. The lowest BCUT2D eigenvalue weighted by Crippen LogP contribution is -2.22. The van der Waals surface area contributed by atoms with Gasteiger partial charge in [-0.15, -0.1) is 0 Å². The molecule has 1 saturated carbocycles. The van der Waals surface area contributed by atoms with Crippen molar-refractivity contribution in [1.29, 1.82) is 0 Å². The van der Waals surface area contributed by atoms with E-state index < -0.39 is 0 Å². The van der Waals surface area contributed by atoms with E-state index >= 15 is 0 Å². The standard InChI is InChI=1S/C12H15Cl2N/c1-2-15-12(8-3-4-8)9-5-6-10(13)11(14)7-9/h5-8,12,15H,2-4H2,1H3.